The van der Waals surface area contributed by atoms with Crippen LogP contribution in [0.15, 0.2) is 41.3 Å². The summed E-state index contributed by atoms with van der Waals surface area (Å²) in [6.07, 6.45) is 8.95. The molecule has 36 heavy (non-hydrogen) atoms. The van der Waals surface area contributed by atoms with Crippen molar-refractivity contribution in [3.05, 3.63) is 47.5 Å². The smallest absolute Gasteiger partial charge is 0.239 e. The van der Waals surface area contributed by atoms with Crippen molar-refractivity contribution in [3.63, 3.8) is 0 Å². The third kappa shape index (κ3) is 5.38. The molecular weight excluding hydrogens is 472 g/mol. The summed E-state index contributed by atoms with van der Waals surface area (Å²) in [5, 5.41) is 23.6. The largest absolute Gasteiger partial charge is 0.316 e. The first-order chi connectivity index (χ1) is 17.4. The molecule has 1 aromatic heterocycles. The number of aromatic amines is 1. The maximum atomic E-state index is 13.0. The first kappa shape index (κ1) is 25.0. The fourth-order valence-electron chi connectivity index (χ4n) is 6.05. The number of rotatable bonds is 8. The van der Waals surface area contributed by atoms with Crippen LogP contribution in [-0.2, 0) is 16.4 Å². The fourth-order valence-corrected chi connectivity index (χ4v) is 7.08. The number of nitrogens with one attached hydrogen (secondary N) is 2. The van der Waals surface area contributed by atoms with E-state index in [2.05, 4.69) is 57.1 Å². The van der Waals surface area contributed by atoms with Gasteiger partial charge in [0.2, 0.25) is 10.0 Å². The second kappa shape index (κ2) is 10.8. The van der Waals surface area contributed by atoms with Crippen LogP contribution < -0.4 is 10.5 Å². The van der Waals surface area contributed by atoms with E-state index in [9.17, 15) is 8.42 Å². The molecule has 1 saturated heterocycles. The van der Waals surface area contributed by atoms with Crippen LogP contribution in [0.5, 0.6) is 0 Å². The molecule has 0 spiro atoms. The molecular formula is C27H36N6O2S. The van der Waals surface area contributed by atoms with Gasteiger partial charge in [0.1, 0.15) is 0 Å². The number of sulfonamides is 1. The van der Waals surface area contributed by atoms with Gasteiger partial charge in [0, 0.05) is 12.1 Å². The van der Waals surface area contributed by atoms with E-state index in [-0.39, 0.29) is 4.90 Å². The quantitative estimate of drug-likeness (QED) is 0.414. The number of aromatic nitrogens is 4. The molecule has 0 amide bonds. The van der Waals surface area contributed by atoms with Crippen molar-refractivity contribution in [2.75, 3.05) is 13.1 Å². The van der Waals surface area contributed by atoms with Crippen LogP contribution in [0.1, 0.15) is 68.9 Å². The van der Waals surface area contributed by atoms with E-state index >= 15 is 0 Å². The van der Waals surface area contributed by atoms with E-state index < -0.39 is 10.0 Å². The molecule has 2 fully saturated rings. The molecule has 1 saturated carbocycles. The average Bonchev–Trinajstić information content (AvgIpc) is 3.62. The van der Waals surface area contributed by atoms with Gasteiger partial charge in [-0.1, -0.05) is 75.4 Å². The highest BCUT2D eigenvalue weighted by atomic mass is 32.2. The molecule has 3 aromatic rings. The van der Waals surface area contributed by atoms with Crippen molar-refractivity contribution in [1.82, 2.24) is 25.9 Å². The lowest BCUT2D eigenvalue weighted by Crippen LogP contribution is -2.18. The Morgan fingerprint density at radius 3 is 2.36 bits per heavy atom. The molecule has 8 nitrogen and oxygen atoms in total. The Morgan fingerprint density at radius 1 is 1.00 bits per heavy atom. The third-order valence-electron chi connectivity index (χ3n) is 8.22. The van der Waals surface area contributed by atoms with Crippen molar-refractivity contribution in [3.8, 4) is 22.5 Å². The van der Waals surface area contributed by atoms with Crippen LogP contribution in [0.2, 0.25) is 0 Å². The van der Waals surface area contributed by atoms with Crippen LogP contribution in [0, 0.1) is 11.8 Å². The maximum absolute atomic E-state index is 13.0. The summed E-state index contributed by atoms with van der Waals surface area (Å²) in [7, 11) is -4.03. The minimum atomic E-state index is -4.03. The SMILES string of the molecule is CC[C@H]1CC[C@H](CCc2ccc(-c3ccc(C4CCNC4)cc3)c(-c3nnn[nH]3)c2S(N)(=O)=O)CC1. The van der Waals surface area contributed by atoms with Crippen molar-refractivity contribution in [2.45, 2.75) is 69.1 Å². The molecule has 2 heterocycles. The number of primary sulfonamides is 1. The minimum Gasteiger partial charge on any atom is -0.316 e. The number of benzene rings is 2. The molecule has 0 bridgehead atoms. The number of H-pyrrole nitrogens is 1. The predicted molar refractivity (Wildman–Crippen MR) is 141 cm³/mol. The normalized spacial score (nSPS) is 22.7. The fraction of sp³-hybridized carbons (Fsp3) is 0.519. The first-order valence-corrected chi connectivity index (χ1v) is 14.7. The van der Waals surface area contributed by atoms with E-state index in [1.54, 1.807) is 0 Å². The van der Waals surface area contributed by atoms with Gasteiger partial charge in [0.15, 0.2) is 5.82 Å². The summed E-state index contributed by atoms with van der Waals surface area (Å²) in [5.74, 6) is 2.27. The average molecular weight is 509 g/mol. The molecule has 0 radical (unpaired) electrons. The molecule has 2 aliphatic rings. The summed E-state index contributed by atoms with van der Waals surface area (Å²) in [5.41, 5.74) is 4.13. The topological polar surface area (TPSA) is 127 Å². The van der Waals surface area contributed by atoms with Gasteiger partial charge in [-0.05, 0) is 76.2 Å². The molecule has 2 aromatic carbocycles. The molecule has 1 aliphatic carbocycles. The van der Waals surface area contributed by atoms with Crippen LogP contribution in [0.4, 0.5) is 0 Å². The van der Waals surface area contributed by atoms with Gasteiger partial charge in [-0.15, -0.1) is 5.10 Å². The standard InChI is InChI=1S/C27H36N6O2S/c1-2-18-3-5-19(6-4-18)7-8-22-13-14-24(21-11-9-20(10-12-21)23-15-16-29-17-23)25(26(22)36(28,34)35)27-30-32-33-31-27/h9-14,18-19,23,29H,2-8,15-17H2,1H3,(H2,28,34,35)(H,30,31,32,33)/t18-,19-,23?. The zero-order valence-electron chi connectivity index (χ0n) is 20.9. The molecule has 4 N–H and O–H groups in total. The van der Waals surface area contributed by atoms with Crippen molar-refractivity contribution >= 4 is 10.0 Å². The maximum Gasteiger partial charge on any atom is 0.239 e. The molecule has 1 atom stereocenters. The molecule has 192 valence electrons. The van der Waals surface area contributed by atoms with Gasteiger partial charge in [-0.25, -0.2) is 18.7 Å². The minimum absolute atomic E-state index is 0.130. The Kier molecular flexibility index (Phi) is 7.50. The van der Waals surface area contributed by atoms with Gasteiger partial charge in [0.05, 0.1) is 4.90 Å². The van der Waals surface area contributed by atoms with Crippen LogP contribution in [-0.4, -0.2) is 42.1 Å². The van der Waals surface area contributed by atoms with E-state index in [1.165, 1.54) is 37.7 Å². The molecule has 1 aliphatic heterocycles. The third-order valence-corrected chi connectivity index (χ3v) is 9.26. The summed E-state index contributed by atoms with van der Waals surface area (Å²) in [6.45, 7) is 4.29. The number of nitrogens with zero attached hydrogens (tertiary/aromatic N) is 3. The highest BCUT2D eigenvalue weighted by Gasteiger charge is 2.27. The van der Waals surface area contributed by atoms with E-state index in [1.807, 2.05) is 12.1 Å². The Bertz CT molecular complexity index is 1260. The Hall–Kier alpha value is -2.62. The second-order valence-corrected chi connectivity index (χ2v) is 11.9. The number of aryl methyl sites for hydroxylation is 1. The highest BCUT2D eigenvalue weighted by molar-refractivity contribution is 7.89. The number of hydrogen-bond donors (Lipinski definition) is 3. The lowest BCUT2D eigenvalue weighted by atomic mass is 9.78. The van der Waals surface area contributed by atoms with Crippen molar-refractivity contribution in [2.24, 2.45) is 17.0 Å². The molecule has 9 heteroatoms. The first-order valence-electron chi connectivity index (χ1n) is 13.2. The second-order valence-electron chi connectivity index (χ2n) is 10.4. The summed E-state index contributed by atoms with van der Waals surface area (Å²) in [4.78, 5) is 0.130. The number of hydrogen-bond acceptors (Lipinski definition) is 6. The molecule has 5 rings (SSSR count). The van der Waals surface area contributed by atoms with Crippen LogP contribution in [0.3, 0.4) is 0 Å². The highest BCUT2D eigenvalue weighted by Crippen LogP contribution is 2.39. The summed E-state index contributed by atoms with van der Waals surface area (Å²) in [6, 6.07) is 12.3. The van der Waals surface area contributed by atoms with Gasteiger partial charge >= 0.3 is 0 Å². The monoisotopic (exact) mass is 508 g/mol. The van der Waals surface area contributed by atoms with Gasteiger partial charge in [-0.3, -0.25) is 0 Å². The Labute approximate surface area is 213 Å². The predicted octanol–water partition coefficient (Wildman–Crippen LogP) is 4.41. The molecule has 1 unspecified atom stereocenters. The van der Waals surface area contributed by atoms with E-state index in [0.717, 1.165) is 48.5 Å². The van der Waals surface area contributed by atoms with Crippen LogP contribution >= 0.6 is 0 Å². The van der Waals surface area contributed by atoms with Gasteiger partial charge in [0.25, 0.3) is 0 Å². The van der Waals surface area contributed by atoms with Crippen molar-refractivity contribution < 1.29 is 8.42 Å². The van der Waals surface area contributed by atoms with Gasteiger partial charge < -0.3 is 5.32 Å². The summed E-state index contributed by atoms with van der Waals surface area (Å²) >= 11 is 0. The Morgan fingerprint density at radius 2 is 1.75 bits per heavy atom. The zero-order chi connectivity index (χ0) is 25.1. The van der Waals surface area contributed by atoms with E-state index in [0.29, 0.717) is 29.6 Å². The number of tetrazole rings is 1. The number of nitrogens with two attached hydrogens (primary N) is 1. The van der Waals surface area contributed by atoms with Gasteiger partial charge in [-0.2, -0.15) is 0 Å². The van der Waals surface area contributed by atoms with Crippen LogP contribution in [0.25, 0.3) is 22.5 Å². The van der Waals surface area contributed by atoms with E-state index in [4.69, 9.17) is 5.14 Å². The van der Waals surface area contributed by atoms with Crippen molar-refractivity contribution in [1.29, 1.82) is 0 Å². The Balaban J connectivity index is 1.51. The lowest BCUT2D eigenvalue weighted by Gasteiger charge is -2.28. The lowest BCUT2D eigenvalue weighted by molar-refractivity contribution is 0.258. The zero-order valence-corrected chi connectivity index (χ0v) is 21.7. The summed E-state index contributed by atoms with van der Waals surface area (Å²) < 4.78 is 26.0.